The second-order valence-corrected chi connectivity index (χ2v) is 11.6. The van der Waals surface area contributed by atoms with Crippen molar-refractivity contribution in [3.05, 3.63) is 47.4 Å². The lowest BCUT2D eigenvalue weighted by atomic mass is 10.0. The molecule has 220 valence electrons. The van der Waals surface area contributed by atoms with Gasteiger partial charge in [0.1, 0.15) is 11.4 Å². The van der Waals surface area contributed by atoms with Crippen LogP contribution in [0.1, 0.15) is 65.1 Å². The maximum absolute atomic E-state index is 14.3. The summed E-state index contributed by atoms with van der Waals surface area (Å²) in [6.45, 7) is 14.9. The van der Waals surface area contributed by atoms with Crippen LogP contribution in [0.2, 0.25) is 0 Å². The number of nitrogens with zero attached hydrogens (tertiary/aromatic N) is 5. The zero-order valence-corrected chi connectivity index (χ0v) is 24.7. The first-order chi connectivity index (χ1) is 18.9. The highest BCUT2D eigenvalue weighted by Gasteiger charge is 2.30. The van der Waals surface area contributed by atoms with Crippen molar-refractivity contribution in [2.24, 2.45) is 0 Å². The van der Waals surface area contributed by atoms with Gasteiger partial charge in [-0.3, -0.25) is 14.6 Å². The number of carbonyl (C=O) groups excluding carboxylic acids is 2. The molecule has 40 heavy (non-hydrogen) atoms. The molecule has 0 radical (unpaired) electrons. The summed E-state index contributed by atoms with van der Waals surface area (Å²) in [5.41, 5.74) is 0.956. The van der Waals surface area contributed by atoms with E-state index in [0.717, 1.165) is 31.1 Å². The molecule has 2 aromatic rings. The Morgan fingerprint density at radius 3 is 2.33 bits per heavy atom. The minimum Gasteiger partial charge on any atom is -0.444 e. The number of anilines is 2. The van der Waals surface area contributed by atoms with Gasteiger partial charge >= 0.3 is 6.09 Å². The molecule has 10 nitrogen and oxygen atoms in total. The SMILES string of the molecule is CCC(c1ccc(CNc2nc(F)cc(N(C=O)C(C)(C)COC)n2)cc1)N1CCN(C(=O)OC(C)(C)C)CC1. The van der Waals surface area contributed by atoms with Crippen molar-refractivity contribution in [2.45, 2.75) is 71.7 Å². The van der Waals surface area contributed by atoms with Gasteiger partial charge in [0, 0.05) is 51.9 Å². The number of carbonyl (C=O) groups is 2. The van der Waals surface area contributed by atoms with Gasteiger partial charge < -0.3 is 19.7 Å². The third-order valence-electron chi connectivity index (χ3n) is 6.79. The Balaban J connectivity index is 1.62. The Labute approximate surface area is 236 Å². The van der Waals surface area contributed by atoms with Crippen molar-refractivity contribution >= 4 is 24.3 Å². The van der Waals surface area contributed by atoms with Gasteiger partial charge in [0.05, 0.1) is 12.1 Å². The Hall–Kier alpha value is -3.31. The summed E-state index contributed by atoms with van der Waals surface area (Å²) in [5.74, 6) is -0.492. The number of rotatable bonds is 11. The van der Waals surface area contributed by atoms with E-state index in [1.165, 1.54) is 10.5 Å². The van der Waals surface area contributed by atoms with Gasteiger partial charge in [-0.05, 0) is 52.2 Å². The van der Waals surface area contributed by atoms with Crippen molar-refractivity contribution in [3.63, 3.8) is 0 Å². The zero-order valence-electron chi connectivity index (χ0n) is 24.7. The molecule has 1 saturated heterocycles. The summed E-state index contributed by atoms with van der Waals surface area (Å²) in [6.07, 6.45) is 1.30. The molecule has 1 aromatic heterocycles. The van der Waals surface area contributed by atoms with Crippen molar-refractivity contribution in [3.8, 4) is 0 Å². The average molecular weight is 559 g/mol. The van der Waals surface area contributed by atoms with Crippen LogP contribution < -0.4 is 10.2 Å². The first-order valence-electron chi connectivity index (χ1n) is 13.7. The predicted molar refractivity (Wildman–Crippen MR) is 153 cm³/mol. The number of halogens is 1. The van der Waals surface area contributed by atoms with E-state index in [1.54, 1.807) is 12.0 Å². The van der Waals surface area contributed by atoms with Crippen molar-refractivity contribution in [2.75, 3.05) is 50.1 Å². The number of hydrogen-bond donors (Lipinski definition) is 1. The Morgan fingerprint density at radius 2 is 1.77 bits per heavy atom. The molecule has 11 heteroatoms. The maximum Gasteiger partial charge on any atom is 0.410 e. The summed E-state index contributed by atoms with van der Waals surface area (Å²) < 4.78 is 25.0. The largest absolute Gasteiger partial charge is 0.444 e. The summed E-state index contributed by atoms with van der Waals surface area (Å²) in [7, 11) is 1.54. The molecule has 0 spiro atoms. The van der Waals surface area contributed by atoms with E-state index in [-0.39, 0.29) is 30.5 Å². The van der Waals surface area contributed by atoms with Crippen molar-refractivity contribution in [1.82, 2.24) is 19.8 Å². The fourth-order valence-electron chi connectivity index (χ4n) is 4.82. The van der Waals surface area contributed by atoms with Crippen LogP contribution in [0.4, 0.5) is 21.0 Å². The number of hydrogen-bond acceptors (Lipinski definition) is 8. The van der Waals surface area contributed by atoms with E-state index < -0.39 is 17.1 Å². The van der Waals surface area contributed by atoms with Gasteiger partial charge in [0.15, 0.2) is 0 Å². The lowest BCUT2D eigenvalue weighted by Crippen LogP contribution is -2.50. The monoisotopic (exact) mass is 558 g/mol. The molecule has 1 atom stereocenters. The molecule has 0 aliphatic carbocycles. The molecule has 1 unspecified atom stereocenters. The lowest BCUT2D eigenvalue weighted by Gasteiger charge is -2.39. The van der Waals surface area contributed by atoms with Crippen LogP contribution in [0.3, 0.4) is 0 Å². The highest BCUT2D eigenvalue weighted by atomic mass is 19.1. The van der Waals surface area contributed by atoms with Crippen LogP contribution in [0.25, 0.3) is 0 Å². The minimum absolute atomic E-state index is 0.0911. The van der Waals surface area contributed by atoms with Gasteiger partial charge in [-0.1, -0.05) is 31.2 Å². The average Bonchev–Trinajstić information content (AvgIpc) is 2.88. The summed E-state index contributed by atoms with van der Waals surface area (Å²) >= 11 is 0. The first-order valence-corrected chi connectivity index (χ1v) is 13.7. The molecule has 1 aromatic carbocycles. The number of benzene rings is 1. The smallest absolute Gasteiger partial charge is 0.410 e. The van der Waals surface area contributed by atoms with Crippen molar-refractivity contribution < 1.29 is 23.5 Å². The highest BCUT2D eigenvalue weighted by Crippen LogP contribution is 2.27. The Bertz CT molecular complexity index is 1130. The van der Waals surface area contributed by atoms with Crippen LogP contribution in [-0.4, -0.2) is 83.3 Å². The lowest BCUT2D eigenvalue weighted by molar-refractivity contribution is -0.108. The van der Waals surface area contributed by atoms with Crippen molar-refractivity contribution in [1.29, 1.82) is 0 Å². The number of piperazine rings is 1. The van der Waals surface area contributed by atoms with E-state index in [9.17, 15) is 14.0 Å². The topological polar surface area (TPSA) is 100 Å². The zero-order chi connectivity index (χ0) is 29.5. The fourth-order valence-corrected chi connectivity index (χ4v) is 4.82. The number of methoxy groups -OCH3 is 1. The van der Waals surface area contributed by atoms with E-state index in [0.29, 0.717) is 26.0 Å². The van der Waals surface area contributed by atoms with E-state index in [1.807, 2.05) is 46.8 Å². The quantitative estimate of drug-likeness (QED) is 0.315. The standard InChI is InChI=1S/C29H43FN6O4/c1-8-23(34-13-15-35(16-14-34)27(38)40-28(2,3)4)22-11-9-21(10-12-22)18-31-26-32-24(30)17-25(33-26)36(20-37)29(5,6)19-39-7/h9-12,17,20,23H,8,13-16,18-19H2,1-7H3,(H,31,32,33). The van der Waals surface area contributed by atoms with Gasteiger partial charge in [-0.2, -0.15) is 14.4 Å². The Kier molecular flexibility index (Phi) is 10.4. The minimum atomic E-state index is -0.736. The molecule has 0 saturated carbocycles. The number of ether oxygens (including phenoxy) is 2. The third kappa shape index (κ3) is 8.34. The van der Waals surface area contributed by atoms with Gasteiger partial charge in [-0.15, -0.1) is 0 Å². The summed E-state index contributed by atoms with van der Waals surface area (Å²) in [4.78, 5) is 37.9. The number of amides is 2. The van der Waals surface area contributed by atoms with Crippen LogP contribution in [0.15, 0.2) is 30.3 Å². The maximum atomic E-state index is 14.3. The first kappa shape index (κ1) is 31.2. The molecular formula is C29H43FN6O4. The van der Waals surface area contributed by atoms with E-state index in [4.69, 9.17) is 9.47 Å². The van der Waals surface area contributed by atoms with E-state index >= 15 is 0 Å². The predicted octanol–water partition coefficient (Wildman–Crippen LogP) is 4.62. The molecule has 1 aliphatic rings. The summed E-state index contributed by atoms with van der Waals surface area (Å²) in [5, 5.41) is 3.07. The highest BCUT2D eigenvalue weighted by molar-refractivity contribution is 5.75. The normalized spacial score (nSPS) is 15.4. The van der Waals surface area contributed by atoms with Crippen LogP contribution >= 0.6 is 0 Å². The van der Waals surface area contributed by atoms with E-state index in [2.05, 4.69) is 39.2 Å². The molecular weight excluding hydrogens is 515 g/mol. The molecule has 1 N–H and O–H groups in total. The molecule has 1 fully saturated rings. The van der Waals surface area contributed by atoms with Gasteiger partial charge in [0.2, 0.25) is 18.3 Å². The Morgan fingerprint density at radius 1 is 1.12 bits per heavy atom. The van der Waals surface area contributed by atoms with Crippen LogP contribution in [0, 0.1) is 5.95 Å². The third-order valence-corrected chi connectivity index (χ3v) is 6.79. The summed E-state index contributed by atoms with van der Waals surface area (Å²) in [6, 6.07) is 9.63. The molecule has 2 amide bonds. The van der Waals surface area contributed by atoms with Gasteiger partial charge in [0.25, 0.3) is 0 Å². The van der Waals surface area contributed by atoms with Crippen LogP contribution in [0.5, 0.6) is 0 Å². The van der Waals surface area contributed by atoms with Crippen LogP contribution in [-0.2, 0) is 20.8 Å². The molecule has 2 heterocycles. The molecule has 3 rings (SSSR count). The number of aromatic nitrogens is 2. The second-order valence-electron chi connectivity index (χ2n) is 11.6. The molecule has 0 bridgehead atoms. The second kappa shape index (κ2) is 13.4. The fraction of sp³-hybridized carbons (Fsp3) is 0.586. The number of nitrogens with one attached hydrogen (secondary N) is 1. The molecule has 1 aliphatic heterocycles. The van der Waals surface area contributed by atoms with Gasteiger partial charge in [-0.25, -0.2) is 4.79 Å².